The Hall–Kier alpha value is -2.04. The lowest BCUT2D eigenvalue weighted by Gasteiger charge is -2.22. The smallest absolute Gasteiger partial charge is 0.361 e. The van der Waals surface area contributed by atoms with E-state index in [1.54, 1.807) is 6.92 Å². The highest BCUT2D eigenvalue weighted by Crippen LogP contribution is 2.27. The van der Waals surface area contributed by atoms with Gasteiger partial charge in [0.1, 0.15) is 12.4 Å². The molecule has 1 heterocycles. The SMILES string of the molecule is CCOC(=O)C1=NOCc2cc(OCC3CCCCC3)ccc21. The summed E-state index contributed by atoms with van der Waals surface area (Å²) in [4.78, 5) is 17.1. The monoisotopic (exact) mass is 317 g/mol. The lowest BCUT2D eigenvalue weighted by molar-refractivity contribution is -0.135. The number of benzene rings is 1. The minimum absolute atomic E-state index is 0.229. The van der Waals surface area contributed by atoms with Crippen LogP contribution in [0.5, 0.6) is 5.75 Å². The molecule has 0 spiro atoms. The molecule has 1 saturated carbocycles. The number of carbonyl (C=O) groups is 1. The topological polar surface area (TPSA) is 57.1 Å². The van der Waals surface area contributed by atoms with Gasteiger partial charge in [-0.15, -0.1) is 0 Å². The zero-order valence-electron chi connectivity index (χ0n) is 13.5. The molecule has 1 aromatic carbocycles. The first-order chi connectivity index (χ1) is 11.3. The standard InChI is InChI=1S/C18H23NO4/c1-2-21-18(20)17-16-9-8-15(10-14(16)12-23-19-17)22-11-13-6-4-3-5-7-13/h8-10,13H,2-7,11-12H2,1H3. The second-order valence-corrected chi connectivity index (χ2v) is 6.07. The summed E-state index contributed by atoms with van der Waals surface area (Å²) >= 11 is 0. The number of nitrogens with zero attached hydrogens (tertiary/aromatic N) is 1. The number of hydrogen-bond acceptors (Lipinski definition) is 5. The van der Waals surface area contributed by atoms with Gasteiger partial charge in [-0.25, -0.2) is 4.79 Å². The average Bonchev–Trinajstić information content (AvgIpc) is 2.60. The molecule has 2 aliphatic rings. The number of fused-ring (bicyclic) bond motifs is 1. The molecule has 3 rings (SSSR count). The lowest BCUT2D eigenvalue weighted by atomic mass is 9.90. The molecule has 23 heavy (non-hydrogen) atoms. The van der Waals surface area contributed by atoms with E-state index in [1.807, 2.05) is 18.2 Å². The fourth-order valence-electron chi connectivity index (χ4n) is 3.14. The van der Waals surface area contributed by atoms with Gasteiger partial charge in [-0.1, -0.05) is 24.4 Å². The van der Waals surface area contributed by atoms with Crippen molar-refractivity contribution in [1.29, 1.82) is 0 Å². The van der Waals surface area contributed by atoms with Crippen molar-refractivity contribution in [2.75, 3.05) is 13.2 Å². The van der Waals surface area contributed by atoms with Crippen LogP contribution in [0.4, 0.5) is 0 Å². The van der Waals surface area contributed by atoms with Gasteiger partial charge in [-0.2, -0.15) is 0 Å². The van der Waals surface area contributed by atoms with Gasteiger partial charge in [-0.05, 0) is 43.9 Å². The van der Waals surface area contributed by atoms with Crippen LogP contribution in [0, 0.1) is 5.92 Å². The molecule has 1 fully saturated rings. The molecule has 5 nitrogen and oxygen atoms in total. The summed E-state index contributed by atoms with van der Waals surface area (Å²) in [5.41, 5.74) is 1.90. The largest absolute Gasteiger partial charge is 0.493 e. The zero-order valence-corrected chi connectivity index (χ0v) is 13.5. The molecular weight excluding hydrogens is 294 g/mol. The van der Waals surface area contributed by atoms with Crippen molar-refractivity contribution in [3.8, 4) is 5.75 Å². The summed E-state index contributed by atoms with van der Waals surface area (Å²) < 4.78 is 11.0. The minimum Gasteiger partial charge on any atom is -0.493 e. The lowest BCUT2D eigenvalue weighted by Crippen LogP contribution is -2.23. The van der Waals surface area contributed by atoms with Crippen molar-refractivity contribution in [3.63, 3.8) is 0 Å². The Balaban J connectivity index is 1.67. The van der Waals surface area contributed by atoms with E-state index in [9.17, 15) is 4.79 Å². The molecule has 124 valence electrons. The van der Waals surface area contributed by atoms with Crippen molar-refractivity contribution in [1.82, 2.24) is 0 Å². The molecule has 0 saturated heterocycles. The normalized spacial score (nSPS) is 17.7. The third-order valence-corrected chi connectivity index (χ3v) is 4.39. The molecule has 0 bridgehead atoms. The zero-order chi connectivity index (χ0) is 16.1. The van der Waals surface area contributed by atoms with Gasteiger partial charge in [0.2, 0.25) is 0 Å². The third kappa shape index (κ3) is 3.84. The van der Waals surface area contributed by atoms with Gasteiger partial charge >= 0.3 is 5.97 Å². The highest BCUT2D eigenvalue weighted by atomic mass is 16.6. The van der Waals surface area contributed by atoms with E-state index >= 15 is 0 Å². The van der Waals surface area contributed by atoms with Crippen LogP contribution in [-0.2, 0) is 21.0 Å². The Labute approximate surface area is 136 Å². The van der Waals surface area contributed by atoms with E-state index in [0.717, 1.165) is 23.5 Å². The van der Waals surface area contributed by atoms with Crippen molar-refractivity contribution in [3.05, 3.63) is 29.3 Å². The van der Waals surface area contributed by atoms with Crippen LogP contribution >= 0.6 is 0 Å². The average molecular weight is 317 g/mol. The van der Waals surface area contributed by atoms with Crippen LogP contribution in [-0.4, -0.2) is 24.9 Å². The maximum atomic E-state index is 11.9. The highest BCUT2D eigenvalue weighted by molar-refractivity contribution is 6.43. The number of carbonyl (C=O) groups excluding carboxylic acids is 1. The van der Waals surface area contributed by atoms with Crippen molar-refractivity contribution >= 4 is 11.7 Å². The molecule has 0 unspecified atom stereocenters. The first-order valence-electron chi connectivity index (χ1n) is 8.41. The van der Waals surface area contributed by atoms with Crippen LogP contribution in [0.1, 0.15) is 50.2 Å². The second kappa shape index (κ2) is 7.49. The third-order valence-electron chi connectivity index (χ3n) is 4.39. The van der Waals surface area contributed by atoms with E-state index in [1.165, 1.54) is 32.1 Å². The van der Waals surface area contributed by atoms with Crippen LogP contribution in [0.3, 0.4) is 0 Å². The van der Waals surface area contributed by atoms with Gasteiger partial charge < -0.3 is 14.3 Å². The van der Waals surface area contributed by atoms with E-state index in [-0.39, 0.29) is 5.71 Å². The van der Waals surface area contributed by atoms with E-state index in [4.69, 9.17) is 14.3 Å². The van der Waals surface area contributed by atoms with Gasteiger partial charge in [-0.3, -0.25) is 0 Å². The summed E-state index contributed by atoms with van der Waals surface area (Å²) in [6, 6.07) is 5.69. The predicted octanol–water partition coefficient (Wildman–Crippen LogP) is 3.44. The predicted molar refractivity (Wildman–Crippen MR) is 86.5 cm³/mol. The van der Waals surface area contributed by atoms with E-state index in [0.29, 0.717) is 19.1 Å². The molecule has 0 aromatic heterocycles. The highest BCUT2D eigenvalue weighted by Gasteiger charge is 2.24. The molecule has 1 aliphatic carbocycles. The molecule has 0 radical (unpaired) electrons. The molecule has 5 heteroatoms. The maximum Gasteiger partial charge on any atom is 0.361 e. The number of oxime groups is 1. The van der Waals surface area contributed by atoms with Gasteiger partial charge in [0.15, 0.2) is 5.71 Å². The summed E-state index contributed by atoms with van der Waals surface area (Å²) in [5, 5.41) is 3.84. The van der Waals surface area contributed by atoms with Crippen LogP contribution in [0.25, 0.3) is 0 Å². The van der Waals surface area contributed by atoms with E-state index < -0.39 is 5.97 Å². The van der Waals surface area contributed by atoms with Crippen molar-refractivity contribution in [2.45, 2.75) is 45.6 Å². The maximum absolute atomic E-state index is 11.9. The van der Waals surface area contributed by atoms with Crippen molar-refractivity contribution in [2.24, 2.45) is 11.1 Å². The summed E-state index contributed by atoms with van der Waals surface area (Å²) in [6.45, 7) is 3.19. The Morgan fingerprint density at radius 1 is 1.30 bits per heavy atom. The van der Waals surface area contributed by atoms with Crippen LogP contribution in [0.2, 0.25) is 0 Å². The Morgan fingerprint density at radius 3 is 2.91 bits per heavy atom. The van der Waals surface area contributed by atoms with E-state index in [2.05, 4.69) is 5.16 Å². The number of hydrogen-bond donors (Lipinski definition) is 0. The number of ether oxygens (including phenoxy) is 2. The first-order valence-corrected chi connectivity index (χ1v) is 8.41. The van der Waals surface area contributed by atoms with Gasteiger partial charge in [0.05, 0.1) is 13.2 Å². The van der Waals surface area contributed by atoms with Crippen LogP contribution in [0.15, 0.2) is 23.4 Å². The summed E-state index contributed by atoms with van der Waals surface area (Å²) in [6.07, 6.45) is 6.49. The quantitative estimate of drug-likeness (QED) is 0.781. The fraction of sp³-hybridized carbons (Fsp3) is 0.556. The molecule has 1 aliphatic heterocycles. The molecule has 1 aromatic rings. The molecular formula is C18H23NO4. The first kappa shape index (κ1) is 15.8. The number of rotatable bonds is 5. The molecule has 0 amide bonds. The Bertz CT molecular complexity index is 591. The summed E-state index contributed by atoms with van der Waals surface area (Å²) in [7, 11) is 0. The molecule has 0 atom stereocenters. The minimum atomic E-state index is -0.454. The molecule has 0 N–H and O–H groups in total. The van der Waals surface area contributed by atoms with Gasteiger partial charge in [0, 0.05) is 11.1 Å². The van der Waals surface area contributed by atoms with Crippen LogP contribution < -0.4 is 4.74 Å². The summed E-state index contributed by atoms with van der Waals surface area (Å²) in [5.74, 6) is 1.03. The number of esters is 1. The second-order valence-electron chi connectivity index (χ2n) is 6.07. The Kier molecular flexibility index (Phi) is 5.16. The van der Waals surface area contributed by atoms with Crippen molar-refractivity contribution < 1.29 is 19.1 Å². The Morgan fingerprint density at radius 2 is 2.13 bits per heavy atom. The van der Waals surface area contributed by atoms with Gasteiger partial charge in [0.25, 0.3) is 0 Å². The fourth-order valence-corrected chi connectivity index (χ4v) is 3.14.